The quantitative estimate of drug-likeness (QED) is 0.186. The average molecular weight is 591 g/mol. The second-order valence-electron chi connectivity index (χ2n) is 9.98. The normalized spacial score (nSPS) is 14.6. The lowest BCUT2D eigenvalue weighted by molar-refractivity contribution is 0.0971. The molecule has 6 nitrogen and oxygen atoms in total. The number of nitrogens with zero attached hydrogens (tertiary/aromatic N) is 1. The van der Waals surface area contributed by atoms with Crippen LogP contribution in [0.15, 0.2) is 68.3 Å². The molecule has 3 aromatic carbocycles. The van der Waals surface area contributed by atoms with E-state index in [-0.39, 0.29) is 17.1 Å². The topological polar surface area (TPSA) is 69.0 Å². The molecule has 1 unspecified atom stereocenters. The highest BCUT2D eigenvalue weighted by Gasteiger charge is 2.44. The third kappa shape index (κ3) is 5.08. The van der Waals surface area contributed by atoms with Crippen LogP contribution in [0, 0.1) is 13.8 Å². The van der Waals surface area contributed by atoms with E-state index in [4.69, 9.17) is 13.9 Å². The summed E-state index contributed by atoms with van der Waals surface area (Å²) in [4.78, 5) is 29.5. The number of carbonyl (C=O) groups is 1. The van der Waals surface area contributed by atoms with Crippen LogP contribution in [-0.2, 0) is 0 Å². The zero-order valence-corrected chi connectivity index (χ0v) is 24.3. The standard InChI is InChI=1S/C32H32BrNO5/c1-5-6-7-8-15-38-25-14-9-21(18-27(25)37-4)29-28-30(35)24-16-19(2)20(3)17-26(24)39-31(28)32(36)34(29)23-12-10-22(33)11-13-23/h9-14,16-18,29H,5-8,15H2,1-4H3. The third-order valence-corrected chi connectivity index (χ3v) is 7.88. The van der Waals surface area contributed by atoms with Crippen LogP contribution < -0.4 is 19.8 Å². The van der Waals surface area contributed by atoms with Gasteiger partial charge in [-0.05, 0) is 85.5 Å². The number of methoxy groups -OCH3 is 1. The van der Waals surface area contributed by atoms with Crippen LogP contribution in [0.4, 0.5) is 5.69 Å². The molecule has 2 heterocycles. The molecule has 0 saturated heterocycles. The molecule has 0 radical (unpaired) electrons. The van der Waals surface area contributed by atoms with Gasteiger partial charge in [0.15, 0.2) is 16.9 Å². The molecular formula is C32H32BrNO5. The highest BCUT2D eigenvalue weighted by Crippen LogP contribution is 2.43. The van der Waals surface area contributed by atoms with Crippen molar-refractivity contribution >= 4 is 38.5 Å². The van der Waals surface area contributed by atoms with Gasteiger partial charge in [-0.15, -0.1) is 0 Å². The van der Waals surface area contributed by atoms with E-state index in [0.717, 1.165) is 40.4 Å². The minimum absolute atomic E-state index is 0.0684. The van der Waals surface area contributed by atoms with Crippen LogP contribution in [0.2, 0.25) is 0 Å². The van der Waals surface area contributed by atoms with Crippen molar-refractivity contribution in [1.82, 2.24) is 0 Å². The van der Waals surface area contributed by atoms with E-state index in [2.05, 4.69) is 22.9 Å². The summed E-state index contributed by atoms with van der Waals surface area (Å²) in [6.45, 7) is 6.70. The second kappa shape index (κ2) is 11.3. The van der Waals surface area contributed by atoms with Crippen molar-refractivity contribution in [2.45, 2.75) is 52.5 Å². The van der Waals surface area contributed by atoms with Gasteiger partial charge in [-0.3, -0.25) is 14.5 Å². The number of halogens is 1. The molecule has 0 bridgehead atoms. The maximum Gasteiger partial charge on any atom is 0.295 e. The fraction of sp³-hybridized carbons (Fsp3) is 0.312. The maximum absolute atomic E-state index is 14.0. The average Bonchev–Trinajstić information content (AvgIpc) is 3.22. The summed E-state index contributed by atoms with van der Waals surface area (Å²) in [5, 5.41) is 0.464. The van der Waals surface area contributed by atoms with Crippen LogP contribution in [0.25, 0.3) is 11.0 Å². The summed E-state index contributed by atoms with van der Waals surface area (Å²) < 4.78 is 18.8. The Morgan fingerprint density at radius 2 is 1.67 bits per heavy atom. The molecule has 1 aliphatic rings. The molecule has 0 saturated carbocycles. The molecule has 1 aliphatic heterocycles. The largest absolute Gasteiger partial charge is 0.493 e. The number of aryl methyl sites for hydroxylation is 2. The number of rotatable bonds is 9. The van der Waals surface area contributed by atoms with Crippen molar-refractivity contribution in [3.8, 4) is 11.5 Å². The molecule has 1 atom stereocenters. The molecule has 0 fully saturated rings. The summed E-state index contributed by atoms with van der Waals surface area (Å²) in [5.74, 6) is 0.897. The highest BCUT2D eigenvalue weighted by atomic mass is 79.9. The van der Waals surface area contributed by atoms with E-state index >= 15 is 0 Å². The molecule has 202 valence electrons. The van der Waals surface area contributed by atoms with Crippen LogP contribution >= 0.6 is 15.9 Å². The summed E-state index contributed by atoms with van der Waals surface area (Å²) in [7, 11) is 1.59. The number of fused-ring (bicyclic) bond motifs is 2. The van der Waals surface area contributed by atoms with Crippen molar-refractivity contribution in [2.75, 3.05) is 18.6 Å². The molecule has 0 aliphatic carbocycles. The van der Waals surface area contributed by atoms with Crippen molar-refractivity contribution in [1.29, 1.82) is 0 Å². The van der Waals surface area contributed by atoms with Gasteiger partial charge in [-0.1, -0.05) is 48.2 Å². The Labute approximate surface area is 236 Å². The lowest BCUT2D eigenvalue weighted by Gasteiger charge is -2.26. The van der Waals surface area contributed by atoms with E-state index in [1.807, 2.05) is 68.4 Å². The van der Waals surface area contributed by atoms with E-state index in [1.54, 1.807) is 12.0 Å². The molecule has 7 heteroatoms. The highest BCUT2D eigenvalue weighted by molar-refractivity contribution is 9.10. The van der Waals surface area contributed by atoms with Gasteiger partial charge in [0.25, 0.3) is 5.91 Å². The molecular weight excluding hydrogens is 558 g/mol. The number of amides is 1. The van der Waals surface area contributed by atoms with Crippen molar-refractivity contribution in [3.63, 3.8) is 0 Å². The van der Waals surface area contributed by atoms with Crippen LogP contribution in [0.1, 0.15) is 71.5 Å². The minimum atomic E-state index is -0.691. The van der Waals surface area contributed by atoms with Crippen molar-refractivity contribution in [3.05, 3.63) is 97.3 Å². The van der Waals surface area contributed by atoms with Gasteiger partial charge in [-0.25, -0.2) is 0 Å². The first-order chi connectivity index (χ1) is 18.8. The van der Waals surface area contributed by atoms with E-state index in [1.165, 1.54) is 6.42 Å². The number of benzene rings is 3. The summed E-state index contributed by atoms with van der Waals surface area (Å²) in [6, 6.07) is 16.0. The Morgan fingerprint density at radius 1 is 0.923 bits per heavy atom. The first-order valence-electron chi connectivity index (χ1n) is 13.3. The second-order valence-corrected chi connectivity index (χ2v) is 10.9. The Morgan fingerprint density at radius 3 is 2.38 bits per heavy atom. The van der Waals surface area contributed by atoms with Crippen molar-refractivity contribution < 1.29 is 18.7 Å². The van der Waals surface area contributed by atoms with Gasteiger partial charge in [0.05, 0.1) is 30.7 Å². The third-order valence-electron chi connectivity index (χ3n) is 7.35. The fourth-order valence-electron chi connectivity index (χ4n) is 5.10. The monoisotopic (exact) mass is 589 g/mol. The Hall–Kier alpha value is -3.58. The van der Waals surface area contributed by atoms with Gasteiger partial charge in [0, 0.05) is 10.2 Å². The zero-order chi connectivity index (χ0) is 27.7. The Kier molecular flexibility index (Phi) is 7.80. The number of unbranched alkanes of at least 4 members (excludes halogenated alkanes) is 3. The van der Waals surface area contributed by atoms with E-state index < -0.39 is 6.04 Å². The SMILES string of the molecule is CCCCCCOc1ccc(C2c3c(oc4cc(C)c(C)cc4c3=O)C(=O)N2c2ccc(Br)cc2)cc1OC. The molecule has 4 aromatic rings. The molecule has 1 aromatic heterocycles. The number of hydrogen-bond donors (Lipinski definition) is 0. The van der Waals surface area contributed by atoms with Gasteiger partial charge < -0.3 is 13.9 Å². The smallest absolute Gasteiger partial charge is 0.295 e. The molecule has 5 rings (SSSR count). The number of hydrogen-bond acceptors (Lipinski definition) is 5. The summed E-state index contributed by atoms with van der Waals surface area (Å²) >= 11 is 3.47. The lowest BCUT2D eigenvalue weighted by Crippen LogP contribution is -2.29. The van der Waals surface area contributed by atoms with Crippen LogP contribution in [-0.4, -0.2) is 19.6 Å². The molecule has 0 N–H and O–H groups in total. The molecule has 1 amide bonds. The van der Waals surface area contributed by atoms with Gasteiger partial charge in [0.1, 0.15) is 5.58 Å². The van der Waals surface area contributed by atoms with Crippen molar-refractivity contribution in [2.24, 2.45) is 0 Å². The first kappa shape index (κ1) is 27.0. The number of ether oxygens (including phenoxy) is 2. The first-order valence-corrected chi connectivity index (χ1v) is 14.1. The maximum atomic E-state index is 14.0. The van der Waals surface area contributed by atoms with Gasteiger partial charge >= 0.3 is 0 Å². The van der Waals surface area contributed by atoms with E-state index in [9.17, 15) is 9.59 Å². The summed E-state index contributed by atoms with van der Waals surface area (Å²) in [6.07, 6.45) is 4.42. The minimum Gasteiger partial charge on any atom is -0.493 e. The van der Waals surface area contributed by atoms with Crippen LogP contribution in [0.3, 0.4) is 0 Å². The van der Waals surface area contributed by atoms with Gasteiger partial charge in [0.2, 0.25) is 5.76 Å². The number of carbonyl (C=O) groups excluding carboxylic acids is 1. The van der Waals surface area contributed by atoms with Crippen LogP contribution in [0.5, 0.6) is 11.5 Å². The predicted molar refractivity (Wildman–Crippen MR) is 157 cm³/mol. The lowest BCUT2D eigenvalue weighted by atomic mass is 9.97. The Bertz CT molecular complexity index is 1590. The number of anilines is 1. The molecule has 0 spiro atoms. The Balaban J connectivity index is 1.64. The summed E-state index contributed by atoms with van der Waals surface area (Å²) in [5.41, 5.74) is 3.91. The zero-order valence-electron chi connectivity index (χ0n) is 22.7. The van der Waals surface area contributed by atoms with Gasteiger partial charge in [-0.2, -0.15) is 0 Å². The van der Waals surface area contributed by atoms with E-state index in [0.29, 0.717) is 40.3 Å². The fourth-order valence-corrected chi connectivity index (χ4v) is 5.36. The molecule has 39 heavy (non-hydrogen) atoms. The predicted octanol–water partition coefficient (Wildman–Crippen LogP) is 7.89.